The summed E-state index contributed by atoms with van der Waals surface area (Å²) in [5.74, 6) is -0.389. The second-order valence-electron chi connectivity index (χ2n) is 3.32. The van der Waals surface area contributed by atoms with E-state index in [2.05, 4.69) is 0 Å². The summed E-state index contributed by atoms with van der Waals surface area (Å²) < 4.78 is 0. The van der Waals surface area contributed by atoms with Gasteiger partial charge in [0.05, 0.1) is 5.54 Å². The van der Waals surface area contributed by atoms with Crippen LogP contribution in [-0.2, 0) is 4.79 Å². The van der Waals surface area contributed by atoms with E-state index in [4.69, 9.17) is 0 Å². The van der Waals surface area contributed by atoms with Gasteiger partial charge in [-0.2, -0.15) is 0 Å². The number of hydroxylamine groups is 2. The summed E-state index contributed by atoms with van der Waals surface area (Å²) in [6.07, 6.45) is 2.92. The summed E-state index contributed by atoms with van der Waals surface area (Å²) in [4.78, 5) is 11.0. The maximum absolute atomic E-state index is 11.0. The quantitative estimate of drug-likeness (QED) is 0.356. The Morgan fingerprint density at radius 3 is 2.18 bits per heavy atom. The van der Waals surface area contributed by atoms with Crippen molar-refractivity contribution in [2.24, 2.45) is 0 Å². The van der Waals surface area contributed by atoms with Gasteiger partial charge < -0.3 is 0 Å². The highest BCUT2D eigenvalue weighted by atomic mass is 16.5. The van der Waals surface area contributed by atoms with E-state index in [0.29, 0.717) is 5.06 Å². The van der Waals surface area contributed by atoms with Gasteiger partial charge in [0.1, 0.15) is 0 Å². The van der Waals surface area contributed by atoms with Crippen molar-refractivity contribution in [3.05, 3.63) is 12.2 Å². The summed E-state index contributed by atoms with van der Waals surface area (Å²) in [6, 6.07) is 0. The normalized spacial score (nSPS) is 12.1. The van der Waals surface area contributed by atoms with Crippen LogP contribution in [0.2, 0.25) is 0 Å². The van der Waals surface area contributed by atoms with Crippen molar-refractivity contribution >= 4 is 5.91 Å². The number of carbonyl (C=O) groups is 1. The first-order valence-corrected chi connectivity index (χ1v) is 3.55. The van der Waals surface area contributed by atoms with Crippen LogP contribution in [-0.4, -0.2) is 21.7 Å². The van der Waals surface area contributed by atoms with Gasteiger partial charge in [0.2, 0.25) is 0 Å². The third-order valence-corrected chi connectivity index (χ3v) is 1.15. The van der Waals surface area contributed by atoms with Gasteiger partial charge in [0.15, 0.2) is 0 Å². The molecule has 0 spiro atoms. The fourth-order valence-corrected chi connectivity index (χ4v) is 0.544. The number of nitrogens with zero attached hydrogens (tertiary/aromatic N) is 1. The molecule has 1 amide bonds. The average molecular weight is 157 g/mol. The molecule has 3 heteroatoms. The van der Waals surface area contributed by atoms with Crippen molar-refractivity contribution in [3.63, 3.8) is 0 Å². The van der Waals surface area contributed by atoms with E-state index in [-0.39, 0.29) is 5.91 Å². The number of rotatable bonds is 1. The van der Waals surface area contributed by atoms with Gasteiger partial charge in [-0.05, 0) is 27.7 Å². The molecule has 0 unspecified atom stereocenters. The Kier molecular flexibility index (Phi) is 3.26. The minimum absolute atomic E-state index is 0.389. The van der Waals surface area contributed by atoms with E-state index in [1.165, 1.54) is 6.08 Å². The second kappa shape index (κ2) is 3.53. The Hall–Kier alpha value is -0.830. The van der Waals surface area contributed by atoms with Gasteiger partial charge in [0, 0.05) is 6.08 Å². The highest BCUT2D eigenvalue weighted by molar-refractivity contribution is 5.86. The molecule has 0 rings (SSSR count). The largest absolute Gasteiger partial charge is 0.285 e. The minimum atomic E-state index is -0.531. The van der Waals surface area contributed by atoms with Crippen LogP contribution >= 0.6 is 0 Å². The van der Waals surface area contributed by atoms with E-state index in [9.17, 15) is 10.0 Å². The average Bonchev–Trinajstić information content (AvgIpc) is 1.85. The second-order valence-corrected chi connectivity index (χ2v) is 3.32. The lowest BCUT2D eigenvalue weighted by Crippen LogP contribution is -2.42. The monoisotopic (exact) mass is 157 g/mol. The molecule has 0 aromatic heterocycles. The molecule has 0 heterocycles. The zero-order valence-electron chi connectivity index (χ0n) is 7.46. The fourth-order valence-electron chi connectivity index (χ4n) is 0.544. The predicted octanol–water partition coefficient (Wildman–Crippen LogP) is 1.58. The SMILES string of the molecule is C/C=C\C(=O)N(O)C(C)(C)C. The molecule has 0 saturated heterocycles. The van der Waals surface area contributed by atoms with Crippen molar-refractivity contribution in [2.45, 2.75) is 33.2 Å². The Morgan fingerprint density at radius 2 is 1.91 bits per heavy atom. The first-order chi connectivity index (χ1) is 4.89. The fraction of sp³-hybridized carbons (Fsp3) is 0.625. The molecule has 1 N–H and O–H groups in total. The molecule has 64 valence electrons. The molecular formula is C8H15NO2. The molecule has 0 aromatic carbocycles. The first kappa shape index (κ1) is 10.2. The van der Waals surface area contributed by atoms with Crippen molar-refractivity contribution < 1.29 is 10.0 Å². The number of allylic oxidation sites excluding steroid dienone is 1. The molecule has 11 heavy (non-hydrogen) atoms. The summed E-state index contributed by atoms with van der Waals surface area (Å²) in [5.41, 5.74) is -0.531. The van der Waals surface area contributed by atoms with Crippen molar-refractivity contribution in [1.82, 2.24) is 5.06 Å². The molecule has 0 bridgehead atoms. The topological polar surface area (TPSA) is 40.5 Å². The summed E-state index contributed by atoms with van der Waals surface area (Å²) >= 11 is 0. The number of amides is 1. The zero-order valence-corrected chi connectivity index (χ0v) is 7.46. The van der Waals surface area contributed by atoms with Gasteiger partial charge in [-0.25, -0.2) is 5.06 Å². The van der Waals surface area contributed by atoms with Crippen molar-refractivity contribution in [3.8, 4) is 0 Å². The van der Waals surface area contributed by atoms with Crippen molar-refractivity contribution in [2.75, 3.05) is 0 Å². The maximum Gasteiger partial charge on any atom is 0.270 e. The molecule has 0 aliphatic carbocycles. The molecule has 0 atom stereocenters. The third kappa shape index (κ3) is 3.18. The van der Waals surface area contributed by atoms with E-state index >= 15 is 0 Å². The number of hydrogen-bond donors (Lipinski definition) is 1. The Bertz CT molecular complexity index is 167. The van der Waals surface area contributed by atoms with Crippen LogP contribution in [0.1, 0.15) is 27.7 Å². The van der Waals surface area contributed by atoms with Crippen LogP contribution in [0.5, 0.6) is 0 Å². The molecule has 0 aliphatic rings. The highest BCUT2D eigenvalue weighted by Gasteiger charge is 2.22. The molecule has 0 aromatic rings. The van der Waals surface area contributed by atoms with Gasteiger partial charge in [-0.15, -0.1) is 0 Å². The van der Waals surface area contributed by atoms with Gasteiger partial charge in [-0.1, -0.05) is 6.08 Å². The van der Waals surface area contributed by atoms with Gasteiger partial charge >= 0.3 is 0 Å². The third-order valence-electron chi connectivity index (χ3n) is 1.15. The number of carbonyl (C=O) groups excluding carboxylic acids is 1. The highest BCUT2D eigenvalue weighted by Crippen LogP contribution is 2.09. The molecule has 0 fully saturated rings. The van der Waals surface area contributed by atoms with Crippen LogP contribution in [0.3, 0.4) is 0 Å². The maximum atomic E-state index is 11.0. The van der Waals surface area contributed by atoms with Gasteiger partial charge in [0.25, 0.3) is 5.91 Å². The molecule has 0 saturated carbocycles. The van der Waals surface area contributed by atoms with Crippen LogP contribution in [0.15, 0.2) is 12.2 Å². The Balaban J connectivity index is 4.26. The van der Waals surface area contributed by atoms with E-state index < -0.39 is 5.54 Å². The smallest absolute Gasteiger partial charge is 0.270 e. The van der Waals surface area contributed by atoms with Crippen LogP contribution < -0.4 is 0 Å². The predicted molar refractivity (Wildman–Crippen MR) is 43.2 cm³/mol. The number of hydrogen-bond acceptors (Lipinski definition) is 2. The molecule has 0 aliphatic heterocycles. The molecular weight excluding hydrogens is 142 g/mol. The first-order valence-electron chi connectivity index (χ1n) is 3.55. The Morgan fingerprint density at radius 1 is 1.45 bits per heavy atom. The van der Waals surface area contributed by atoms with Crippen LogP contribution in [0.25, 0.3) is 0 Å². The summed E-state index contributed by atoms with van der Waals surface area (Å²) in [6.45, 7) is 7.01. The van der Waals surface area contributed by atoms with Crippen LogP contribution in [0, 0.1) is 0 Å². The minimum Gasteiger partial charge on any atom is -0.285 e. The lowest BCUT2D eigenvalue weighted by Gasteiger charge is -2.28. The van der Waals surface area contributed by atoms with E-state index in [0.717, 1.165) is 0 Å². The van der Waals surface area contributed by atoms with Crippen molar-refractivity contribution in [1.29, 1.82) is 0 Å². The van der Waals surface area contributed by atoms with E-state index in [1.54, 1.807) is 33.8 Å². The lowest BCUT2D eigenvalue weighted by atomic mass is 10.1. The molecule has 3 nitrogen and oxygen atoms in total. The molecule has 0 radical (unpaired) electrons. The summed E-state index contributed by atoms with van der Waals surface area (Å²) in [7, 11) is 0. The summed E-state index contributed by atoms with van der Waals surface area (Å²) in [5, 5.41) is 9.93. The zero-order chi connectivity index (χ0) is 9.07. The standard InChI is InChI=1S/C8H15NO2/c1-5-6-7(10)9(11)8(2,3)4/h5-6,11H,1-4H3/b6-5-. The Labute approximate surface area is 67.3 Å². The van der Waals surface area contributed by atoms with Crippen LogP contribution in [0.4, 0.5) is 0 Å². The van der Waals surface area contributed by atoms with Gasteiger partial charge in [-0.3, -0.25) is 10.0 Å². The lowest BCUT2D eigenvalue weighted by molar-refractivity contribution is -0.180. The van der Waals surface area contributed by atoms with E-state index in [1.807, 2.05) is 0 Å².